The number of ether oxygens (including phenoxy) is 1. The number of hydrogen-bond donors (Lipinski definition) is 1. The van der Waals surface area contributed by atoms with Crippen LogP contribution in [0.5, 0.6) is 0 Å². The van der Waals surface area contributed by atoms with Crippen LogP contribution >= 0.6 is 0 Å². The number of nitrogens with zero attached hydrogens (tertiary/aromatic N) is 1. The van der Waals surface area contributed by atoms with Crippen molar-refractivity contribution in [3.05, 3.63) is 0 Å². The van der Waals surface area contributed by atoms with Crippen LogP contribution in [-0.2, 0) is 4.74 Å². The van der Waals surface area contributed by atoms with E-state index in [2.05, 4.69) is 11.8 Å². The van der Waals surface area contributed by atoms with E-state index in [9.17, 15) is 0 Å². The lowest BCUT2D eigenvalue weighted by molar-refractivity contribution is 0.00672. The normalized spacial score (nSPS) is 40.0. The maximum Gasteiger partial charge on any atom is 0.0636 e. The first-order chi connectivity index (χ1) is 7.27. The van der Waals surface area contributed by atoms with E-state index >= 15 is 0 Å². The van der Waals surface area contributed by atoms with Gasteiger partial charge in [-0.2, -0.15) is 0 Å². The van der Waals surface area contributed by atoms with Gasteiger partial charge in [0.1, 0.15) is 0 Å². The summed E-state index contributed by atoms with van der Waals surface area (Å²) in [6.07, 6.45) is 5.05. The summed E-state index contributed by atoms with van der Waals surface area (Å²) >= 11 is 0. The summed E-state index contributed by atoms with van der Waals surface area (Å²) in [5.41, 5.74) is 6.17. The molecule has 0 aromatic carbocycles. The van der Waals surface area contributed by atoms with E-state index in [4.69, 9.17) is 10.5 Å². The van der Waals surface area contributed by atoms with Crippen LogP contribution in [0, 0.1) is 5.92 Å². The van der Waals surface area contributed by atoms with Crippen LogP contribution in [0.1, 0.15) is 32.6 Å². The molecule has 0 aliphatic carbocycles. The van der Waals surface area contributed by atoms with Gasteiger partial charge in [-0.25, -0.2) is 0 Å². The van der Waals surface area contributed by atoms with Crippen LogP contribution in [0.4, 0.5) is 0 Å². The van der Waals surface area contributed by atoms with Crippen molar-refractivity contribution in [1.82, 2.24) is 4.90 Å². The molecule has 0 bridgehead atoms. The molecule has 2 N–H and O–H groups in total. The van der Waals surface area contributed by atoms with Gasteiger partial charge in [-0.15, -0.1) is 0 Å². The Bertz CT molecular complexity index is 198. The van der Waals surface area contributed by atoms with Gasteiger partial charge in [-0.1, -0.05) is 6.92 Å². The Morgan fingerprint density at radius 1 is 1.20 bits per heavy atom. The van der Waals surface area contributed by atoms with E-state index in [0.717, 1.165) is 25.6 Å². The van der Waals surface area contributed by atoms with Crippen LogP contribution in [0.3, 0.4) is 0 Å². The topological polar surface area (TPSA) is 38.5 Å². The molecule has 0 aromatic heterocycles. The molecular weight excluding hydrogens is 188 g/mol. The molecule has 2 aliphatic heterocycles. The highest BCUT2D eigenvalue weighted by Crippen LogP contribution is 2.21. The summed E-state index contributed by atoms with van der Waals surface area (Å²) < 4.78 is 5.55. The minimum absolute atomic E-state index is 0.326. The third-order valence-corrected chi connectivity index (χ3v) is 3.90. The van der Waals surface area contributed by atoms with Crippen molar-refractivity contribution in [2.75, 3.05) is 26.3 Å². The fraction of sp³-hybridized carbons (Fsp3) is 1.00. The second-order valence-electron chi connectivity index (χ2n) is 5.17. The standard InChI is InChI=1S/C12H24N2O/c1-10-3-2-6-14(7-4-10)12-9-15-8-5-11(12)13/h10-12H,2-9,13H2,1H3. The molecule has 2 fully saturated rings. The van der Waals surface area contributed by atoms with Crippen molar-refractivity contribution in [2.45, 2.75) is 44.7 Å². The highest BCUT2D eigenvalue weighted by molar-refractivity contribution is 4.86. The summed E-state index contributed by atoms with van der Waals surface area (Å²) in [6.45, 7) is 6.48. The van der Waals surface area contributed by atoms with Crippen molar-refractivity contribution >= 4 is 0 Å². The lowest BCUT2D eigenvalue weighted by atomic mass is 10.0. The molecule has 0 saturated carbocycles. The predicted molar refractivity (Wildman–Crippen MR) is 61.8 cm³/mol. The van der Waals surface area contributed by atoms with E-state index < -0.39 is 0 Å². The van der Waals surface area contributed by atoms with E-state index in [1.807, 2.05) is 0 Å². The molecule has 88 valence electrons. The predicted octanol–water partition coefficient (Wildman–Crippen LogP) is 1.22. The van der Waals surface area contributed by atoms with Gasteiger partial charge in [-0.05, 0) is 44.7 Å². The maximum atomic E-state index is 6.17. The Morgan fingerprint density at radius 3 is 2.87 bits per heavy atom. The first-order valence-electron chi connectivity index (χ1n) is 6.35. The van der Waals surface area contributed by atoms with Gasteiger partial charge in [-0.3, -0.25) is 4.90 Å². The zero-order chi connectivity index (χ0) is 10.7. The Kier molecular flexibility index (Phi) is 4.00. The minimum atomic E-state index is 0.326. The quantitative estimate of drug-likeness (QED) is 0.710. The van der Waals surface area contributed by atoms with Crippen LogP contribution in [0.15, 0.2) is 0 Å². The van der Waals surface area contributed by atoms with Crippen molar-refractivity contribution in [2.24, 2.45) is 11.7 Å². The second-order valence-corrected chi connectivity index (χ2v) is 5.17. The molecule has 3 heteroatoms. The third-order valence-electron chi connectivity index (χ3n) is 3.90. The molecule has 15 heavy (non-hydrogen) atoms. The van der Waals surface area contributed by atoms with Crippen molar-refractivity contribution in [3.63, 3.8) is 0 Å². The molecule has 0 aromatic rings. The van der Waals surface area contributed by atoms with Crippen LogP contribution in [-0.4, -0.2) is 43.3 Å². The lowest BCUT2D eigenvalue weighted by Gasteiger charge is -2.37. The zero-order valence-electron chi connectivity index (χ0n) is 9.82. The van der Waals surface area contributed by atoms with E-state index in [1.54, 1.807) is 0 Å². The SMILES string of the molecule is CC1CCCN(C2COCCC2N)CC1. The molecular formula is C12H24N2O. The van der Waals surface area contributed by atoms with Crippen molar-refractivity contribution in [1.29, 1.82) is 0 Å². The molecule has 2 rings (SSSR count). The van der Waals surface area contributed by atoms with Crippen molar-refractivity contribution in [3.8, 4) is 0 Å². The molecule has 0 spiro atoms. The highest BCUT2D eigenvalue weighted by atomic mass is 16.5. The molecule has 3 atom stereocenters. The first-order valence-corrected chi connectivity index (χ1v) is 6.35. The number of nitrogens with two attached hydrogens (primary N) is 1. The average Bonchev–Trinajstić information content (AvgIpc) is 2.44. The zero-order valence-corrected chi connectivity index (χ0v) is 9.82. The Balaban J connectivity index is 1.90. The van der Waals surface area contributed by atoms with Crippen LogP contribution in [0.2, 0.25) is 0 Å². The largest absolute Gasteiger partial charge is 0.380 e. The maximum absolute atomic E-state index is 6.17. The van der Waals surface area contributed by atoms with Gasteiger partial charge in [0.25, 0.3) is 0 Å². The van der Waals surface area contributed by atoms with E-state index in [0.29, 0.717) is 12.1 Å². The fourth-order valence-electron chi connectivity index (χ4n) is 2.73. The van der Waals surface area contributed by atoms with Crippen LogP contribution in [0.25, 0.3) is 0 Å². The molecule has 2 aliphatic rings. The first kappa shape index (κ1) is 11.4. The lowest BCUT2D eigenvalue weighted by Crippen LogP contribution is -2.53. The Labute approximate surface area is 93.0 Å². The van der Waals surface area contributed by atoms with Gasteiger partial charge < -0.3 is 10.5 Å². The van der Waals surface area contributed by atoms with E-state index in [-0.39, 0.29) is 0 Å². The molecule has 3 unspecified atom stereocenters. The third kappa shape index (κ3) is 2.92. The Morgan fingerprint density at radius 2 is 2.07 bits per heavy atom. The number of likely N-dealkylation sites (tertiary alicyclic amines) is 1. The summed E-state index contributed by atoms with van der Waals surface area (Å²) in [4.78, 5) is 2.56. The van der Waals surface area contributed by atoms with Gasteiger partial charge >= 0.3 is 0 Å². The number of rotatable bonds is 1. The molecule has 0 amide bonds. The summed E-state index contributed by atoms with van der Waals surface area (Å²) in [5.74, 6) is 0.885. The van der Waals surface area contributed by atoms with Crippen LogP contribution < -0.4 is 5.73 Å². The fourth-order valence-corrected chi connectivity index (χ4v) is 2.73. The van der Waals surface area contributed by atoms with Gasteiger partial charge in [0, 0.05) is 18.7 Å². The monoisotopic (exact) mass is 212 g/mol. The Hall–Kier alpha value is -0.120. The smallest absolute Gasteiger partial charge is 0.0636 e. The molecule has 3 nitrogen and oxygen atoms in total. The summed E-state index contributed by atoms with van der Waals surface area (Å²) in [6, 6.07) is 0.802. The highest BCUT2D eigenvalue weighted by Gasteiger charge is 2.29. The van der Waals surface area contributed by atoms with Gasteiger partial charge in [0.05, 0.1) is 6.61 Å². The molecule has 2 saturated heterocycles. The summed E-state index contributed by atoms with van der Waals surface area (Å²) in [5, 5.41) is 0. The van der Waals surface area contributed by atoms with Crippen molar-refractivity contribution < 1.29 is 4.74 Å². The van der Waals surface area contributed by atoms with Gasteiger partial charge in [0.15, 0.2) is 0 Å². The second kappa shape index (κ2) is 5.28. The average molecular weight is 212 g/mol. The molecule has 2 heterocycles. The number of hydrogen-bond acceptors (Lipinski definition) is 3. The van der Waals surface area contributed by atoms with E-state index in [1.165, 1.54) is 32.4 Å². The summed E-state index contributed by atoms with van der Waals surface area (Å²) in [7, 11) is 0. The minimum Gasteiger partial charge on any atom is -0.380 e. The molecule has 0 radical (unpaired) electrons. The van der Waals surface area contributed by atoms with Gasteiger partial charge in [0.2, 0.25) is 0 Å².